The molecule has 2 N–H and O–H groups in total. The van der Waals surface area contributed by atoms with Crippen molar-refractivity contribution in [1.82, 2.24) is 4.98 Å². The summed E-state index contributed by atoms with van der Waals surface area (Å²) in [6.45, 7) is 5.20. The minimum atomic E-state index is -0.892. The Morgan fingerprint density at radius 3 is 2.90 bits per heavy atom. The van der Waals surface area contributed by atoms with E-state index in [2.05, 4.69) is 17.2 Å². The van der Waals surface area contributed by atoms with Crippen LogP contribution in [0.15, 0.2) is 12.1 Å². The van der Waals surface area contributed by atoms with Crippen molar-refractivity contribution in [2.24, 2.45) is 11.8 Å². The van der Waals surface area contributed by atoms with E-state index in [9.17, 15) is 4.79 Å². The van der Waals surface area contributed by atoms with Crippen LogP contribution >= 0.6 is 0 Å². The standard InChI is InChI=1S/C17H26N2O2/c1-3-15-10-14(17(20)21)11-16(19-15)18-8-7-13-6-4-5-12(2)9-13/h10-13H,3-9H2,1-2H3,(H,18,19)(H,20,21). The summed E-state index contributed by atoms with van der Waals surface area (Å²) in [6.07, 6.45) is 7.25. The zero-order chi connectivity index (χ0) is 15.2. The molecule has 2 rings (SSSR count). The Morgan fingerprint density at radius 2 is 2.24 bits per heavy atom. The first kappa shape index (κ1) is 15.8. The zero-order valence-electron chi connectivity index (χ0n) is 13.1. The van der Waals surface area contributed by atoms with Crippen molar-refractivity contribution >= 4 is 11.8 Å². The highest BCUT2D eigenvalue weighted by Crippen LogP contribution is 2.30. The molecule has 1 aromatic rings. The van der Waals surface area contributed by atoms with Crippen molar-refractivity contribution in [3.63, 3.8) is 0 Å². The van der Waals surface area contributed by atoms with Crippen LogP contribution in [0.1, 0.15) is 62.0 Å². The van der Waals surface area contributed by atoms with Gasteiger partial charge in [-0.1, -0.05) is 33.1 Å². The molecule has 21 heavy (non-hydrogen) atoms. The number of carbonyl (C=O) groups is 1. The number of aryl methyl sites for hydroxylation is 1. The molecule has 116 valence electrons. The molecule has 1 heterocycles. The number of carboxylic acids is 1. The molecule has 0 aliphatic heterocycles. The highest BCUT2D eigenvalue weighted by molar-refractivity contribution is 5.88. The molecule has 1 saturated carbocycles. The molecule has 2 atom stereocenters. The summed E-state index contributed by atoms with van der Waals surface area (Å²) in [5, 5.41) is 12.4. The first-order valence-electron chi connectivity index (χ1n) is 8.06. The van der Waals surface area contributed by atoms with Crippen LogP contribution in [0.4, 0.5) is 5.82 Å². The Kier molecular flexibility index (Phi) is 5.59. The first-order chi connectivity index (χ1) is 10.1. The molecule has 0 saturated heterocycles. The van der Waals surface area contributed by atoms with E-state index < -0.39 is 5.97 Å². The van der Waals surface area contributed by atoms with Gasteiger partial charge in [0, 0.05) is 12.2 Å². The Balaban J connectivity index is 1.90. The number of nitrogens with one attached hydrogen (secondary N) is 1. The number of anilines is 1. The van der Waals surface area contributed by atoms with Gasteiger partial charge in [-0.2, -0.15) is 0 Å². The summed E-state index contributed by atoms with van der Waals surface area (Å²) < 4.78 is 0. The molecule has 1 fully saturated rings. The van der Waals surface area contributed by atoms with Gasteiger partial charge in [-0.15, -0.1) is 0 Å². The van der Waals surface area contributed by atoms with E-state index in [1.807, 2.05) is 6.92 Å². The highest BCUT2D eigenvalue weighted by Gasteiger charge is 2.18. The lowest BCUT2D eigenvalue weighted by atomic mass is 9.81. The predicted molar refractivity (Wildman–Crippen MR) is 84.8 cm³/mol. The van der Waals surface area contributed by atoms with Crippen molar-refractivity contribution in [2.45, 2.75) is 52.4 Å². The van der Waals surface area contributed by atoms with Crippen molar-refractivity contribution < 1.29 is 9.90 Å². The Bertz CT molecular complexity index is 488. The van der Waals surface area contributed by atoms with E-state index in [4.69, 9.17) is 5.11 Å². The van der Waals surface area contributed by atoms with Crippen molar-refractivity contribution in [2.75, 3.05) is 11.9 Å². The van der Waals surface area contributed by atoms with Gasteiger partial charge in [-0.3, -0.25) is 0 Å². The molecule has 1 aliphatic rings. The second kappa shape index (κ2) is 7.43. The SMILES string of the molecule is CCc1cc(C(=O)O)cc(NCCC2CCCC(C)C2)n1. The van der Waals surface area contributed by atoms with Gasteiger partial charge in [0.2, 0.25) is 0 Å². The molecule has 4 heteroatoms. The molecular weight excluding hydrogens is 264 g/mol. The smallest absolute Gasteiger partial charge is 0.335 e. The number of carboxylic acid groups (broad SMARTS) is 1. The quantitative estimate of drug-likeness (QED) is 0.832. The number of hydrogen-bond acceptors (Lipinski definition) is 3. The van der Waals surface area contributed by atoms with Crippen LogP contribution in [-0.2, 0) is 6.42 Å². The third-order valence-corrected chi connectivity index (χ3v) is 4.39. The lowest BCUT2D eigenvalue weighted by Crippen LogP contribution is -2.17. The van der Waals surface area contributed by atoms with Crippen LogP contribution in [0.5, 0.6) is 0 Å². The van der Waals surface area contributed by atoms with Gasteiger partial charge < -0.3 is 10.4 Å². The number of hydrogen-bond donors (Lipinski definition) is 2. The van der Waals surface area contributed by atoms with Gasteiger partial charge in [0.15, 0.2) is 0 Å². The van der Waals surface area contributed by atoms with Crippen LogP contribution in [0, 0.1) is 11.8 Å². The lowest BCUT2D eigenvalue weighted by Gasteiger charge is -2.26. The third kappa shape index (κ3) is 4.73. The summed E-state index contributed by atoms with van der Waals surface area (Å²) in [7, 11) is 0. The van der Waals surface area contributed by atoms with Gasteiger partial charge in [-0.25, -0.2) is 9.78 Å². The average molecular weight is 290 g/mol. The fourth-order valence-corrected chi connectivity index (χ4v) is 3.21. The second-order valence-electron chi connectivity index (χ2n) is 6.24. The highest BCUT2D eigenvalue weighted by atomic mass is 16.4. The molecular formula is C17H26N2O2. The maximum absolute atomic E-state index is 11.1. The summed E-state index contributed by atoms with van der Waals surface area (Å²) in [5.74, 6) is 1.45. The Labute approximate surface area is 127 Å². The molecule has 0 amide bonds. The molecule has 0 bridgehead atoms. The number of aromatic nitrogens is 1. The molecule has 1 aliphatic carbocycles. The second-order valence-corrected chi connectivity index (χ2v) is 6.24. The molecule has 0 spiro atoms. The van der Waals surface area contributed by atoms with Crippen LogP contribution in [0.3, 0.4) is 0 Å². The zero-order valence-corrected chi connectivity index (χ0v) is 13.1. The van der Waals surface area contributed by atoms with E-state index in [0.717, 1.165) is 36.9 Å². The third-order valence-electron chi connectivity index (χ3n) is 4.39. The van der Waals surface area contributed by atoms with Crippen LogP contribution in [-0.4, -0.2) is 22.6 Å². The van der Waals surface area contributed by atoms with Crippen molar-refractivity contribution in [3.05, 3.63) is 23.4 Å². The number of nitrogens with zero attached hydrogens (tertiary/aromatic N) is 1. The molecule has 4 nitrogen and oxygen atoms in total. The lowest BCUT2D eigenvalue weighted by molar-refractivity contribution is 0.0696. The summed E-state index contributed by atoms with van der Waals surface area (Å²) in [6, 6.07) is 3.28. The average Bonchev–Trinajstić information content (AvgIpc) is 2.47. The van der Waals surface area contributed by atoms with Crippen molar-refractivity contribution in [1.29, 1.82) is 0 Å². The predicted octanol–water partition coefficient (Wildman–Crippen LogP) is 3.97. The fraction of sp³-hybridized carbons (Fsp3) is 0.647. The van der Waals surface area contributed by atoms with Crippen LogP contribution < -0.4 is 5.32 Å². The molecule has 2 unspecified atom stereocenters. The molecule has 0 radical (unpaired) electrons. The van der Waals surface area contributed by atoms with Gasteiger partial charge in [0.25, 0.3) is 0 Å². The first-order valence-corrected chi connectivity index (χ1v) is 8.06. The molecule has 1 aromatic heterocycles. The Hall–Kier alpha value is -1.58. The van der Waals surface area contributed by atoms with E-state index in [1.54, 1.807) is 12.1 Å². The Morgan fingerprint density at radius 1 is 1.43 bits per heavy atom. The minimum Gasteiger partial charge on any atom is -0.478 e. The minimum absolute atomic E-state index is 0.315. The largest absolute Gasteiger partial charge is 0.478 e. The van der Waals surface area contributed by atoms with E-state index in [1.165, 1.54) is 25.7 Å². The number of aromatic carboxylic acids is 1. The maximum atomic E-state index is 11.1. The molecule has 0 aromatic carbocycles. The summed E-state index contributed by atoms with van der Waals surface area (Å²) in [5.41, 5.74) is 1.14. The van der Waals surface area contributed by atoms with E-state index in [0.29, 0.717) is 11.4 Å². The van der Waals surface area contributed by atoms with Gasteiger partial charge in [0.1, 0.15) is 5.82 Å². The van der Waals surface area contributed by atoms with E-state index >= 15 is 0 Å². The summed E-state index contributed by atoms with van der Waals surface area (Å²) >= 11 is 0. The van der Waals surface area contributed by atoms with Gasteiger partial charge >= 0.3 is 5.97 Å². The number of pyridine rings is 1. The van der Waals surface area contributed by atoms with Gasteiger partial charge in [0.05, 0.1) is 5.56 Å². The fourth-order valence-electron chi connectivity index (χ4n) is 3.21. The van der Waals surface area contributed by atoms with E-state index in [-0.39, 0.29) is 0 Å². The van der Waals surface area contributed by atoms with Crippen LogP contribution in [0.25, 0.3) is 0 Å². The number of rotatable bonds is 6. The normalized spacial score (nSPS) is 22.0. The van der Waals surface area contributed by atoms with Crippen molar-refractivity contribution in [3.8, 4) is 0 Å². The topological polar surface area (TPSA) is 62.2 Å². The van der Waals surface area contributed by atoms with Crippen LogP contribution in [0.2, 0.25) is 0 Å². The summed E-state index contributed by atoms with van der Waals surface area (Å²) in [4.78, 5) is 15.6. The van der Waals surface area contributed by atoms with Gasteiger partial charge in [-0.05, 0) is 43.2 Å². The maximum Gasteiger partial charge on any atom is 0.335 e. The monoisotopic (exact) mass is 290 g/mol.